The smallest absolute Gasteiger partial charge is 0.229 e. The second-order valence-electron chi connectivity index (χ2n) is 4.84. The molecule has 1 fully saturated rings. The van der Waals surface area contributed by atoms with Crippen molar-refractivity contribution in [3.8, 4) is 0 Å². The summed E-state index contributed by atoms with van der Waals surface area (Å²) < 4.78 is 0. The van der Waals surface area contributed by atoms with Crippen molar-refractivity contribution < 1.29 is 9.59 Å². The van der Waals surface area contributed by atoms with Crippen LogP contribution >= 0.6 is 0 Å². The highest BCUT2D eigenvalue weighted by Crippen LogP contribution is 2.16. The lowest BCUT2D eigenvalue weighted by Gasteiger charge is -2.28. The van der Waals surface area contributed by atoms with Crippen molar-refractivity contribution in [1.29, 1.82) is 0 Å². The summed E-state index contributed by atoms with van der Waals surface area (Å²) >= 11 is 0. The van der Waals surface area contributed by atoms with Gasteiger partial charge in [-0.15, -0.1) is 0 Å². The third-order valence-corrected chi connectivity index (χ3v) is 3.52. The van der Waals surface area contributed by atoms with E-state index in [9.17, 15) is 9.59 Å². The van der Waals surface area contributed by atoms with Crippen LogP contribution in [-0.4, -0.2) is 35.8 Å². The van der Waals surface area contributed by atoms with Crippen LogP contribution in [0.15, 0.2) is 0 Å². The Kier molecular flexibility index (Phi) is 5.62. The summed E-state index contributed by atoms with van der Waals surface area (Å²) in [6, 6.07) is 0.228. The lowest BCUT2D eigenvalue weighted by molar-refractivity contribution is -0.138. The molecule has 1 rings (SSSR count). The number of likely N-dealkylation sites (tertiary alicyclic amines) is 1. The number of nitrogens with zero attached hydrogens (tertiary/aromatic N) is 1. The summed E-state index contributed by atoms with van der Waals surface area (Å²) in [4.78, 5) is 24.6. The van der Waals surface area contributed by atoms with E-state index in [2.05, 4.69) is 26.1 Å². The van der Waals surface area contributed by atoms with Gasteiger partial charge in [0.15, 0.2) is 0 Å². The minimum atomic E-state index is -0.0124. The Labute approximate surface area is 104 Å². The van der Waals surface area contributed by atoms with Crippen LogP contribution in [0.2, 0.25) is 0 Å². The van der Waals surface area contributed by atoms with E-state index in [0.29, 0.717) is 25.3 Å². The van der Waals surface area contributed by atoms with Crippen molar-refractivity contribution in [2.45, 2.75) is 52.5 Å². The molecule has 1 saturated heterocycles. The van der Waals surface area contributed by atoms with Gasteiger partial charge in [0.1, 0.15) is 0 Å². The molecule has 0 radical (unpaired) electrons. The van der Waals surface area contributed by atoms with E-state index >= 15 is 0 Å². The Hall–Kier alpha value is -0.900. The summed E-state index contributed by atoms with van der Waals surface area (Å²) in [7, 11) is 0. The first kappa shape index (κ1) is 14.2. The predicted molar refractivity (Wildman–Crippen MR) is 67.5 cm³/mol. The maximum absolute atomic E-state index is 11.6. The van der Waals surface area contributed by atoms with Gasteiger partial charge in [-0.3, -0.25) is 14.5 Å². The molecule has 4 heteroatoms. The first-order valence-electron chi connectivity index (χ1n) is 6.66. The van der Waals surface area contributed by atoms with Crippen LogP contribution in [0, 0.1) is 5.92 Å². The van der Waals surface area contributed by atoms with Crippen LogP contribution in [0.1, 0.15) is 46.5 Å². The van der Waals surface area contributed by atoms with Crippen LogP contribution in [0.5, 0.6) is 0 Å². The van der Waals surface area contributed by atoms with Gasteiger partial charge in [-0.2, -0.15) is 0 Å². The van der Waals surface area contributed by atoms with Gasteiger partial charge in [0.05, 0.1) is 0 Å². The molecule has 0 aromatic rings. The highest BCUT2D eigenvalue weighted by molar-refractivity contribution is 6.01. The molecule has 1 heterocycles. The summed E-state index contributed by atoms with van der Waals surface area (Å²) in [6.45, 7) is 7.89. The molecule has 17 heavy (non-hydrogen) atoms. The largest absolute Gasteiger partial charge is 0.312 e. The average Bonchev–Trinajstić information content (AvgIpc) is 2.64. The first-order chi connectivity index (χ1) is 8.10. The molecule has 98 valence electrons. The minimum Gasteiger partial charge on any atom is -0.312 e. The number of nitrogens with one attached hydrogen (secondary N) is 1. The minimum absolute atomic E-state index is 0.0124. The highest BCUT2D eigenvalue weighted by atomic mass is 16.2. The summed E-state index contributed by atoms with van der Waals surface area (Å²) in [5, 5.41) is 3.44. The fraction of sp³-hybridized carbons (Fsp3) is 0.846. The SMILES string of the molecule is CCCNC(CN1C(=O)CCC1=O)C(C)CC. The standard InChI is InChI=1S/C13H24N2O2/c1-4-8-14-11(10(3)5-2)9-15-12(16)6-7-13(15)17/h10-11,14H,4-9H2,1-3H3. The molecule has 1 N–H and O–H groups in total. The zero-order valence-electron chi connectivity index (χ0n) is 11.2. The van der Waals surface area contributed by atoms with Crippen molar-refractivity contribution in [2.24, 2.45) is 5.92 Å². The molecule has 0 saturated carbocycles. The zero-order valence-corrected chi connectivity index (χ0v) is 11.2. The van der Waals surface area contributed by atoms with Gasteiger partial charge in [0.2, 0.25) is 11.8 Å². The van der Waals surface area contributed by atoms with E-state index in [1.807, 2.05) is 0 Å². The lowest BCUT2D eigenvalue weighted by atomic mass is 9.98. The van der Waals surface area contributed by atoms with Crippen molar-refractivity contribution >= 4 is 11.8 Å². The zero-order chi connectivity index (χ0) is 12.8. The molecule has 0 aliphatic carbocycles. The molecule has 2 atom stereocenters. The number of carbonyl (C=O) groups excluding carboxylic acids is 2. The van der Waals surface area contributed by atoms with E-state index in [-0.39, 0.29) is 17.9 Å². The Morgan fingerprint density at radius 2 is 1.82 bits per heavy atom. The van der Waals surface area contributed by atoms with Gasteiger partial charge in [-0.05, 0) is 18.9 Å². The number of hydrogen-bond donors (Lipinski definition) is 1. The van der Waals surface area contributed by atoms with E-state index in [0.717, 1.165) is 19.4 Å². The molecule has 2 unspecified atom stereocenters. The molecule has 0 aromatic carbocycles. The van der Waals surface area contributed by atoms with Crippen LogP contribution in [-0.2, 0) is 9.59 Å². The van der Waals surface area contributed by atoms with Gasteiger partial charge >= 0.3 is 0 Å². The summed E-state index contributed by atoms with van der Waals surface area (Å²) in [6.07, 6.45) is 2.89. The summed E-state index contributed by atoms with van der Waals surface area (Å²) in [5.41, 5.74) is 0. The number of imide groups is 1. The molecular weight excluding hydrogens is 216 g/mol. The Balaban J connectivity index is 2.58. The van der Waals surface area contributed by atoms with Crippen molar-refractivity contribution in [3.63, 3.8) is 0 Å². The van der Waals surface area contributed by atoms with Crippen molar-refractivity contribution in [2.75, 3.05) is 13.1 Å². The van der Waals surface area contributed by atoms with Crippen LogP contribution in [0.3, 0.4) is 0 Å². The molecule has 0 bridgehead atoms. The number of rotatable bonds is 7. The topological polar surface area (TPSA) is 49.4 Å². The predicted octanol–water partition coefficient (Wildman–Crippen LogP) is 1.55. The fourth-order valence-corrected chi connectivity index (χ4v) is 2.08. The van der Waals surface area contributed by atoms with Gasteiger partial charge < -0.3 is 5.32 Å². The van der Waals surface area contributed by atoms with E-state index < -0.39 is 0 Å². The van der Waals surface area contributed by atoms with E-state index in [1.165, 1.54) is 4.90 Å². The Morgan fingerprint density at radius 1 is 1.24 bits per heavy atom. The molecular formula is C13H24N2O2. The quantitative estimate of drug-likeness (QED) is 0.687. The van der Waals surface area contributed by atoms with Gasteiger partial charge in [0.25, 0.3) is 0 Å². The Morgan fingerprint density at radius 3 is 2.29 bits per heavy atom. The Bertz CT molecular complexity index is 263. The average molecular weight is 240 g/mol. The van der Waals surface area contributed by atoms with E-state index in [4.69, 9.17) is 0 Å². The van der Waals surface area contributed by atoms with Crippen molar-refractivity contribution in [1.82, 2.24) is 10.2 Å². The molecule has 0 spiro atoms. The lowest BCUT2D eigenvalue weighted by Crippen LogP contribution is -2.46. The molecule has 2 amide bonds. The summed E-state index contributed by atoms with van der Waals surface area (Å²) in [5.74, 6) is 0.450. The molecule has 1 aliphatic rings. The van der Waals surface area contributed by atoms with Crippen LogP contribution < -0.4 is 5.32 Å². The van der Waals surface area contributed by atoms with Crippen LogP contribution in [0.4, 0.5) is 0 Å². The second kappa shape index (κ2) is 6.74. The monoisotopic (exact) mass is 240 g/mol. The molecule has 1 aliphatic heterocycles. The third kappa shape index (κ3) is 3.80. The molecule has 4 nitrogen and oxygen atoms in total. The van der Waals surface area contributed by atoms with Gasteiger partial charge in [-0.1, -0.05) is 27.2 Å². The number of carbonyl (C=O) groups is 2. The maximum Gasteiger partial charge on any atom is 0.229 e. The van der Waals surface area contributed by atoms with E-state index in [1.54, 1.807) is 0 Å². The highest BCUT2D eigenvalue weighted by Gasteiger charge is 2.31. The van der Waals surface area contributed by atoms with Gasteiger partial charge in [-0.25, -0.2) is 0 Å². The molecule has 0 aromatic heterocycles. The fourth-order valence-electron chi connectivity index (χ4n) is 2.08. The second-order valence-corrected chi connectivity index (χ2v) is 4.84. The normalized spacial score (nSPS) is 19.8. The first-order valence-corrected chi connectivity index (χ1v) is 6.66. The van der Waals surface area contributed by atoms with Crippen molar-refractivity contribution in [3.05, 3.63) is 0 Å². The maximum atomic E-state index is 11.6. The van der Waals surface area contributed by atoms with Crippen LogP contribution in [0.25, 0.3) is 0 Å². The number of hydrogen-bond acceptors (Lipinski definition) is 3. The van der Waals surface area contributed by atoms with Gasteiger partial charge in [0, 0.05) is 25.4 Å². The number of amides is 2. The third-order valence-electron chi connectivity index (χ3n) is 3.52.